The minimum Gasteiger partial charge on any atom is -0.496 e. The standard InChI is InChI=1S/C14H13N3O2S/c1-8-6-10(4-5-12(8)19-3)13-11(7-18)17-14(15-13)20-9(2)16-17/h4-7H,1-3H3. The molecular formula is C14H13N3O2S. The molecule has 0 aliphatic carbocycles. The van der Waals surface area contributed by atoms with Gasteiger partial charge in [-0.1, -0.05) is 11.3 Å². The van der Waals surface area contributed by atoms with Crippen molar-refractivity contribution < 1.29 is 9.53 Å². The van der Waals surface area contributed by atoms with E-state index in [4.69, 9.17) is 4.74 Å². The van der Waals surface area contributed by atoms with Crippen molar-refractivity contribution in [3.05, 3.63) is 34.5 Å². The number of rotatable bonds is 3. The number of hydrogen-bond acceptors (Lipinski definition) is 5. The normalized spacial score (nSPS) is 10.9. The Kier molecular flexibility index (Phi) is 3.02. The Bertz CT molecular complexity index is 804. The first kappa shape index (κ1) is 12.8. The summed E-state index contributed by atoms with van der Waals surface area (Å²) in [5.74, 6) is 0.816. The molecule has 0 unspecified atom stereocenters. The second-order valence-electron chi connectivity index (χ2n) is 4.46. The van der Waals surface area contributed by atoms with E-state index < -0.39 is 0 Å². The Hall–Kier alpha value is -2.21. The molecule has 6 heteroatoms. The lowest BCUT2D eigenvalue weighted by atomic mass is 10.1. The van der Waals surface area contributed by atoms with Gasteiger partial charge in [0.25, 0.3) is 0 Å². The molecule has 2 heterocycles. The number of hydrogen-bond donors (Lipinski definition) is 0. The lowest BCUT2D eigenvalue weighted by Crippen LogP contribution is -1.94. The lowest BCUT2D eigenvalue weighted by Gasteiger charge is -2.06. The second kappa shape index (κ2) is 4.72. The van der Waals surface area contributed by atoms with E-state index in [0.29, 0.717) is 11.4 Å². The van der Waals surface area contributed by atoms with E-state index in [-0.39, 0.29) is 0 Å². The number of ether oxygens (including phenoxy) is 1. The molecule has 0 fully saturated rings. The maximum absolute atomic E-state index is 11.4. The summed E-state index contributed by atoms with van der Waals surface area (Å²) in [5.41, 5.74) is 3.03. The van der Waals surface area contributed by atoms with Crippen LogP contribution < -0.4 is 4.74 Å². The van der Waals surface area contributed by atoms with Crippen LogP contribution in [0, 0.1) is 13.8 Å². The van der Waals surface area contributed by atoms with Crippen LogP contribution >= 0.6 is 11.3 Å². The first-order valence-electron chi connectivity index (χ1n) is 6.10. The monoisotopic (exact) mass is 287 g/mol. The predicted octanol–water partition coefficient (Wildman–Crippen LogP) is 2.90. The molecule has 20 heavy (non-hydrogen) atoms. The van der Waals surface area contributed by atoms with Gasteiger partial charge in [-0.15, -0.1) is 0 Å². The van der Waals surface area contributed by atoms with Gasteiger partial charge in [-0.05, 0) is 37.6 Å². The third-order valence-corrected chi connectivity index (χ3v) is 3.94. The van der Waals surface area contributed by atoms with Crippen molar-refractivity contribution in [2.45, 2.75) is 13.8 Å². The summed E-state index contributed by atoms with van der Waals surface area (Å²) in [6.07, 6.45) is 0.800. The van der Waals surface area contributed by atoms with Crippen molar-refractivity contribution in [2.24, 2.45) is 0 Å². The van der Waals surface area contributed by atoms with Gasteiger partial charge in [-0.25, -0.2) is 4.98 Å². The Balaban J connectivity index is 2.20. The van der Waals surface area contributed by atoms with Crippen LogP contribution in [-0.4, -0.2) is 28.0 Å². The quantitative estimate of drug-likeness (QED) is 0.695. The fourth-order valence-corrected chi connectivity index (χ4v) is 2.95. The number of fused-ring (bicyclic) bond motifs is 1. The van der Waals surface area contributed by atoms with E-state index in [9.17, 15) is 4.79 Å². The van der Waals surface area contributed by atoms with Gasteiger partial charge in [0.05, 0.1) is 7.11 Å². The number of carbonyl (C=O) groups is 1. The summed E-state index contributed by atoms with van der Waals surface area (Å²) < 4.78 is 6.85. The van der Waals surface area contributed by atoms with Crippen molar-refractivity contribution in [2.75, 3.05) is 7.11 Å². The molecule has 0 spiro atoms. The zero-order chi connectivity index (χ0) is 14.3. The summed E-state index contributed by atoms with van der Waals surface area (Å²) in [5, 5.41) is 5.19. The smallest absolute Gasteiger partial charge is 0.213 e. The Morgan fingerprint density at radius 2 is 2.15 bits per heavy atom. The van der Waals surface area contributed by atoms with E-state index in [1.165, 1.54) is 11.3 Å². The SMILES string of the molecule is COc1ccc(-c2nc3sc(C)nn3c2C=O)cc1C. The van der Waals surface area contributed by atoms with Crippen molar-refractivity contribution >= 4 is 22.6 Å². The van der Waals surface area contributed by atoms with Crippen molar-refractivity contribution in [1.29, 1.82) is 0 Å². The van der Waals surface area contributed by atoms with E-state index >= 15 is 0 Å². The number of aromatic nitrogens is 3. The highest BCUT2D eigenvalue weighted by Crippen LogP contribution is 2.29. The molecule has 0 amide bonds. The molecule has 0 N–H and O–H groups in total. The zero-order valence-corrected chi connectivity index (χ0v) is 12.2. The molecule has 3 rings (SSSR count). The van der Waals surface area contributed by atoms with Gasteiger partial charge in [0.15, 0.2) is 6.29 Å². The minimum atomic E-state index is 0.480. The summed E-state index contributed by atoms with van der Waals surface area (Å²) in [4.78, 5) is 16.6. The van der Waals surface area contributed by atoms with Gasteiger partial charge >= 0.3 is 0 Å². The third kappa shape index (κ3) is 1.89. The molecule has 0 aliphatic rings. The van der Waals surface area contributed by atoms with Crippen LogP contribution in [0.15, 0.2) is 18.2 Å². The van der Waals surface area contributed by atoms with Gasteiger partial charge in [0, 0.05) is 5.56 Å². The highest BCUT2D eigenvalue weighted by molar-refractivity contribution is 7.16. The van der Waals surface area contributed by atoms with Gasteiger partial charge in [0.1, 0.15) is 22.1 Å². The Morgan fingerprint density at radius 1 is 1.35 bits per heavy atom. The molecule has 0 bridgehead atoms. The number of nitrogens with zero attached hydrogens (tertiary/aromatic N) is 3. The molecule has 2 aromatic heterocycles. The third-order valence-electron chi connectivity index (χ3n) is 3.12. The number of benzene rings is 1. The summed E-state index contributed by atoms with van der Waals surface area (Å²) in [6.45, 7) is 3.86. The van der Waals surface area contributed by atoms with Crippen molar-refractivity contribution in [3.63, 3.8) is 0 Å². The second-order valence-corrected chi connectivity index (χ2v) is 5.62. The Morgan fingerprint density at radius 3 is 2.80 bits per heavy atom. The highest BCUT2D eigenvalue weighted by atomic mass is 32.1. The molecule has 0 atom stereocenters. The molecule has 0 saturated carbocycles. The number of methoxy groups -OCH3 is 1. The van der Waals surface area contributed by atoms with Crippen LogP contribution in [-0.2, 0) is 0 Å². The largest absolute Gasteiger partial charge is 0.496 e. The fraction of sp³-hybridized carbons (Fsp3) is 0.214. The van der Waals surface area contributed by atoms with Gasteiger partial charge < -0.3 is 4.74 Å². The van der Waals surface area contributed by atoms with Crippen molar-refractivity contribution in [3.8, 4) is 17.0 Å². The van der Waals surface area contributed by atoms with E-state index in [0.717, 1.165) is 33.1 Å². The molecule has 1 aromatic carbocycles. The first-order valence-corrected chi connectivity index (χ1v) is 6.92. The lowest BCUT2D eigenvalue weighted by molar-refractivity contribution is 0.111. The molecule has 3 aromatic rings. The minimum absolute atomic E-state index is 0.480. The maximum atomic E-state index is 11.4. The van der Waals surface area contributed by atoms with Crippen LogP contribution in [0.1, 0.15) is 21.1 Å². The average molecular weight is 287 g/mol. The molecule has 5 nitrogen and oxygen atoms in total. The molecule has 0 aliphatic heterocycles. The molecular weight excluding hydrogens is 274 g/mol. The molecule has 0 radical (unpaired) electrons. The van der Waals surface area contributed by atoms with E-state index in [1.54, 1.807) is 11.6 Å². The van der Waals surface area contributed by atoms with Gasteiger partial charge in [0.2, 0.25) is 4.96 Å². The summed E-state index contributed by atoms with van der Waals surface area (Å²) in [6, 6.07) is 5.74. The predicted molar refractivity (Wildman–Crippen MR) is 77.7 cm³/mol. The number of carbonyl (C=O) groups excluding carboxylic acids is 1. The number of aldehydes is 1. The van der Waals surface area contributed by atoms with Gasteiger partial charge in [-0.2, -0.15) is 9.61 Å². The number of imidazole rings is 1. The van der Waals surface area contributed by atoms with Gasteiger partial charge in [-0.3, -0.25) is 4.79 Å². The first-order chi connectivity index (χ1) is 9.63. The van der Waals surface area contributed by atoms with Crippen LogP contribution in [0.25, 0.3) is 16.2 Å². The maximum Gasteiger partial charge on any atom is 0.213 e. The van der Waals surface area contributed by atoms with Crippen LogP contribution in [0.2, 0.25) is 0 Å². The van der Waals surface area contributed by atoms with Crippen LogP contribution in [0.4, 0.5) is 0 Å². The topological polar surface area (TPSA) is 56.5 Å². The zero-order valence-electron chi connectivity index (χ0n) is 11.4. The van der Waals surface area contributed by atoms with Crippen LogP contribution in [0.5, 0.6) is 5.75 Å². The summed E-state index contributed by atoms with van der Waals surface area (Å²) >= 11 is 1.47. The molecule has 0 saturated heterocycles. The number of aryl methyl sites for hydroxylation is 2. The highest BCUT2D eigenvalue weighted by Gasteiger charge is 2.17. The van der Waals surface area contributed by atoms with E-state index in [2.05, 4.69) is 10.1 Å². The Labute approximate surface area is 119 Å². The fourth-order valence-electron chi connectivity index (χ4n) is 2.20. The van der Waals surface area contributed by atoms with E-state index in [1.807, 2.05) is 32.0 Å². The molecule has 102 valence electrons. The average Bonchev–Trinajstić information content (AvgIpc) is 2.94. The summed E-state index contributed by atoms with van der Waals surface area (Å²) in [7, 11) is 1.64. The van der Waals surface area contributed by atoms with Crippen LogP contribution in [0.3, 0.4) is 0 Å². The van der Waals surface area contributed by atoms with Crippen molar-refractivity contribution in [1.82, 2.24) is 14.6 Å².